The second kappa shape index (κ2) is 5.66. The van der Waals surface area contributed by atoms with Gasteiger partial charge < -0.3 is 5.11 Å². The number of nitrogens with one attached hydrogen (secondary N) is 1. The second-order valence-corrected chi connectivity index (χ2v) is 5.14. The van der Waals surface area contributed by atoms with Crippen molar-refractivity contribution in [2.75, 3.05) is 6.61 Å². The maximum Gasteiger partial charge on any atom is 0.263 e. The predicted molar refractivity (Wildman–Crippen MR) is 77.1 cm³/mol. The van der Waals surface area contributed by atoms with Crippen LogP contribution in [-0.2, 0) is 9.59 Å². The maximum atomic E-state index is 12.6. The highest BCUT2D eigenvalue weighted by molar-refractivity contribution is 6.24. The summed E-state index contributed by atoms with van der Waals surface area (Å²) in [4.78, 5) is 49.2. The first-order chi connectivity index (χ1) is 11.0. The highest BCUT2D eigenvalue weighted by atomic mass is 16.2. The van der Waals surface area contributed by atoms with E-state index >= 15 is 0 Å². The van der Waals surface area contributed by atoms with Gasteiger partial charge in [0.25, 0.3) is 11.8 Å². The Morgan fingerprint density at radius 2 is 2.00 bits per heavy atom. The number of amides is 4. The molecule has 4 amide bonds. The lowest BCUT2D eigenvalue weighted by molar-refractivity contribution is -0.136. The van der Waals surface area contributed by atoms with Crippen molar-refractivity contribution in [2.45, 2.75) is 18.9 Å². The van der Waals surface area contributed by atoms with Crippen LogP contribution in [0.5, 0.6) is 0 Å². The molecular weight excluding hydrogens is 300 g/mol. The number of aliphatic hydroxyl groups is 1. The zero-order chi connectivity index (χ0) is 16.6. The van der Waals surface area contributed by atoms with Crippen molar-refractivity contribution < 1.29 is 24.3 Å². The third-order valence-corrected chi connectivity index (χ3v) is 3.77. The topological polar surface area (TPSA) is 104 Å². The fourth-order valence-corrected chi connectivity index (χ4v) is 2.75. The van der Waals surface area contributed by atoms with Crippen LogP contribution in [0.3, 0.4) is 0 Å². The monoisotopic (exact) mass is 312 g/mol. The predicted octanol–water partition coefficient (Wildman–Crippen LogP) is -0.568. The van der Waals surface area contributed by atoms with Gasteiger partial charge in [0.2, 0.25) is 11.8 Å². The SMILES string of the molecule is O=C1CCC(N2C(=O)c3cccc(C#CCO)c3C2=O)C(=O)N1. The average Bonchev–Trinajstić information content (AvgIpc) is 2.78. The van der Waals surface area contributed by atoms with E-state index in [1.807, 2.05) is 0 Å². The van der Waals surface area contributed by atoms with Crippen molar-refractivity contribution in [3.05, 3.63) is 34.9 Å². The molecule has 2 N–H and O–H groups in total. The minimum atomic E-state index is -1.00. The Balaban J connectivity index is 2.01. The Morgan fingerprint density at radius 1 is 1.22 bits per heavy atom. The summed E-state index contributed by atoms with van der Waals surface area (Å²) in [6, 6.07) is 3.64. The molecule has 23 heavy (non-hydrogen) atoms. The number of fused-ring (bicyclic) bond motifs is 1. The molecule has 0 spiro atoms. The molecule has 7 heteroatoms. The molecule has 1 fully saturated rings. The fourth-order valence-electron chi connectivity index (χ4n) is 2.75. The van der Waals surface area contributed by atoms with Crippen LogP contribution >= 0.6 is 0 Å². The van der Waals surface area contributed by atoms with Crippen molar-refractivity contribution in [2.24, 2.45) is 0 Å². The van der Waals surface area contributed by atoms with Crippen molar-refractivity contribution in [1.82, 2.24) is 10.2 Å². The average molecular weight is 312 g/mol. The number of hydrogen-bond acceptors (Lipinski definition) is 5. The van der Waals surface area contributed by atoms with Crippen LogP contribution in [0.4, 0.5) is 0 Å². The van der Waals surface area contributed by atoms with Gasteiger partial charge in [-0.15, -0.1) is 0 Å². The van der Waals surface area contributed by atoms with E-state index in [0.717, 1.165) is 4.90 Å². The molecule has 0 bridgehead atoms. The fraction of sp³-hybridized carbons (Fsp3) is 0.250. The van der Waals surface area contributed by atoms with E-state index in [4.69, 9.17) is 5.11 Å². The molecule has 2 aliphatic heterocycles. The number of carbonyl (C=O) groups is 4. The largest absolute Gasteiger partial charge is 0.384 e. The molecule has 0 radical (unpaired) electrons. The first kappa shape index (κ1) is 14.9. The third kappa shape index (κ3) is 2.39. The Labute approximate surface area is 131 Å². The van der Waals surface area contributed by atoms with Crippen LogP contribution in [0.2, 0.25) is 0 Å². The van der Waals surface area contributed by atoms with Gasteiger partial charge >= 0.3 is 0 Å². The molecule has 2 aliphatic rings. The zero-order valence-electron chi connectivity index (χ0n) is 12.0. The van der Waals surface area contributed by atoms with Gasteiger partial charge in [-0.3, -0.25) is 29.4 Å². The molecule has 1 unspecified atom stereocenters. The number of aliphatic hydroxyl groups excluding tert-OH is 1. The molecule has 1 atom stereocenters. The molecule has 1 aromatic carbocycles. The van der Waals surface area contributed by atoms with Gasteiger partial charge in [0.1, 0.15) is 12.6 Å². The van der Waals surface area contributed by atoms with Crippen LogP contribution in [-0.4, -0.2) is 46.3 Å². The Bertz CT molecular complexity index is 802. The Kier molecular flexibility index (Phi) is 3.68. The smallest absolute Gasteiger partial charge is 0.263 e. The Morgan fingerprint density at radius 3 is 2.70 bits per heavy atom. The first-order valence-electron chi connectivity index (χ1n) is 6.99. The minimum absolute atomic E-state index is 0.0704. The molecule has 116 valence electrons. The van der Waals surface area contributed by atoms with E-state index in [0.29, 0.717) is 5.56 Å². The van der Waals surface area contributed by atoms with Crippen molar-refractivity contribution in [3.63, 3.8) is 0 Å². The molecule has 1 saturated heterocycles. The molecular formula is C16H12N2O5. The Hall–Kier alpha value is -2.98. The van der Waals surface area contributed by atoms with Crippen LogP contribution in [0.25, 0.3) is 0 Å². The maximum absolute atomic E-state index is 12.6. The van der Waals surface area contributed by atoms with E-state index < -0.39 is 29.7 Å². The standard InChI is InChI=1S/C16H12N2O5/c19-8-2-4-9-3-1-5-10-13(9)16(23)18(15(10)22)11-6-7-12(20)17-14(11)21/h1,3,5,11,19H,6-8H2,(H,17,20,21). The molecule has 0 aromatic heterocycles. The van der Waals surface area contributed by atoms with Gasteiger partial charge in [-0.05, 0) is 18.6 Å². The highest BCUT2D eigenvalue weighted by Crippen LogP contribution is 2.29. The zero-order valence-corrected chi connectivity index (χ0v) is 12.0. The lowest BCUT2D eigenvalue weighted by atomic mass is 10.0. The van der Waals surface area contributed by atoms with Crippen molar-refractivity contribution in [3.8, 4) is 11.8 Å². The van der Waals surface area contributed by atoms with E-state index in [-0.39, 0.29) is 30.6 Å². The highest BCUT2D eigenvalue weighted by Gasteiger charge is 2.45. The summed E-state index contributed by atoms with van der Waals surface area (Å²) in [5.74, 6) is 2.81. The van der Waals surface area contributed by atoms with Gasteiger partial charge in [-0.25, -0.2) is 0 Å². The number of benzene rings is 1. The van der Waals surface area contributed by atoms with Crippen molar-refractivity contribution >= 4 is 23.6 Å². The summed E-state index contributed by atoms with van der Waals surface area (Å²) in [6.07, 6.45) is 0.175. The summed E-state index contributed by atoms with van der Waals surface area (Å²) in [7, 11) is 0. The molecule has 0 saturated carbocycles. The van der Waals surface area contributed by atoms with Crippen LogP contribution in [0, 0.1) is 11.8 Å². The summed E-state index contributed by atoms with van der Waals surface area (Å²) in [5.41, 5.74) is 0.622. The first-order valence-corrected chi connectivity index (χ1v) is 6.99. The second-order valence-electron chi connectivity index (χ2n) is 5.14. The number of piperidine rings is 1. The molecule has 1 aromatic rings. The molecule has 3 rings (SSSR count). The van der Waals surface area contributed by atoms with Gasteiger partial charge in [0.05, 0.1) is 11.1 Å². The van der Waals surface area contributed by atoms with Gasteiger partial charge in [-0.2, -0.15) is 0 Å². The molecule has 7 nitrogen and oxygen atoms in total. The lowest BCUT2D eigenvalue weighted by Gasteiger charge is -2.27. The minimum Gasteiger partial charge on any atom is -0.384 e. The number of nitrogens with zero attached hydrogens (tertiary/aromatic N) is 1. The summed E-state index contributed by atoms with van der Waals surface area (Å²) < 4.78 is 0. The lowest BCUT2D eigenvalue weighted by Crippen LogP contribution is -2.54. The van der Waals surface area contributed by atoms with E-state index in [1.165, 1.54) is 6.07 Å². The number of carbonyl (C=O) groups excluding carboxylic acids is 4. The van der Waals surface area contributed by atoms with E-state index in [2.05, 4.69) is 17.2 Å². The van der Waals surface area contributed by atoms with E-state index in [1.54, 1.807) is 12.1 Å². The molecule has 2 heterocycles. The number of imide groups is 2. The quantitative estimate of drug-likeness (QED) is 0.534. The summed E-state index contributed by atoms with van der Waals surface area (Å²) in [6.45, 7) is -0.372. The van der Waals surface area contributed by atoms with Crippen LogP contribution < -0.4 is 5.32 Å². The van der Waals surface area contributed by atoms with Crippen molar-refractivity contribution in [1.29, 1.82) is 0 Å². The summed E-state index contributed by atoms with van der Waals surface area (Å²) in [5, 5.41) is 10.9. The number of rotatable bonds is 1. The van der Waals surface area contributed by atoms with Gasteiger partial charge in [0.15, 0.2) is 0 Å². The normalized spacial score (nSPS) is 20.0. The third-order valence-electron chi connectivity index (χ3n) is 3.77. The van der Waals surface area contributed by atoms with E-state index in [9.17, 15) is 19.2 Å². The summed E-state index contributed by atoms with van der Waals surface area (Å²) >= 11 is 0. The van der Waals surface area contributed by atoms with Gasteiger partial charge in [-0.1, -0.05) is 17.9 Å². The van der Waals surface area contributed by atoms with Gasteiger partial charge in [0, 0.05) is 12.0 Å². The van der Waals surface area contributed by atoms with Crippen LogP contribution in [0.1, 0.15) is 39.1 Å². The molecule has 0 aliphatic carbocycles. The van der Waals surface area contributed by atoms with Crippen LogP contribution in [0.15, 0.2) is 18.2 Å². The number of hydrogen-bond donors (Lipinski definition) is 2.